The van der Waals surface area contributed by atoms with Crippen LogP contribution in [0.4, 0.5) is 5.00 Å². The normalized spacial score (nSPS) is 16.0. The second kappa shape index (κ2) is 12.4. The Morgan fingerprint density at radius 1 is 1.10 bits per heavy atom. The third kappa shape index (κ3) is 7.76. The van der Waals surface area contributed by atoms with Crippen molar-refractivity contribution in [3.05, 3.63) is 16.0 Å². The van der Waals surface area contributed by atoms with E-state index < -0.39 is 0 Å². The summed E-state index contributed by atoms with van der Waals surface area (Å²) in [5.41, 5.74) is 1.70. The van der Waals surface area contributed by atoms with Crippen LogP contribution in [0.1, 0.15) is 113 Å². The second-order valence-corrected chi connectivity index (χ2v) is 9.89. The first kappa shape index (κ1) is 23.9. The van der Waals surface area contributed by atoms with Crippen molar-refractivity contribution in [2.45, 2.75) is 111 Å². The van der Waals surface area contributed by atoms with Crippen LogP contribution in [0.15, 0.2) is 0 Å². The summed E-state index contributed by atoms with van der Waals surface area (Å²) in [5.74, 6) is 0.339. The molecule has 1 amide bonds. The average molecular weight is 422 g/mol. The lowest BCUT2D eigenvalue weighted by Crippen LogP contribution is -2.18. The van der Waals surface area contributed by atoms with Crippen LogP contribution >= 0.6 is 11.3 Å². The van der Waals surface area contributed by atoms with Gasteiger partial charge in [-0.2, -0.15) is 0 Å². The molecule has 1 aromatic rings. The number of esters is 1. The fourth-order valence-corrected chi connectivity index (χ4v) is 5.35. The third-order valence-electron chi connectivity index (χ3n) is 5.57. The summed E-state index contributed by atoms with van der Waals surface area (Å²) in [4.78, 5) is 26.5. The molecule has 0 radical (unpaired) electrons. The maximum Gasteiger partial charge on any atom is 0.341 e. The van der Waals surface area contributed by atoms with Gasteiger partial charge >= 0.3 is 5.97 Å². The standard InChI is InChI=1S/C24H39NO3S/c1-5-6-7-8-9-10-11-12-13-21(26)25-23-22(24(27)28-17(2)3)19-15-14-18(4)16-20(19)29-23/h17-18H,5-16H2,1-4H3,(H,25,26). The number of anilines is 1. The first-order chi connectivity index (χ1) is 13.9. The summed E-state index contributed by atoms with van der Waals surface area (Å²) in [6, 6.07) is 0. The molecular weight excluding hydrogens is 382 g/mol. The lowest BCUT2D eigenvalue weighted by Gasteiger charge is -2.18. The Bertz CT molecular complexity index is 665. The maximum absolute atomic E-state index is 12.7. The third-order valence-corrected chi connectivity index (χ3v) is 6.74. The lowest BCUT2D eigenvalue weighted by molar-refractivity contribution is -0.116. The van der Waals surface area contributed by atoms with Crippen LogP contribution in [0, 0.1) is 5.92 Å². The number of carbonyl (C=O) groups excluding carboxylic acids is 2. The fraction of sp³-hybridized carbons (Fsp3) is 0.750. The Hall–Kier alpha value is -1.36. The molecule has 0 saturated heterocycles. The number of ether oxygens (including phenoxy) is 1. The smallest absolute Gasteiger partial charge is 0.341 e. The van der Waals surface area contributed by atoms with Crippen LogP contribution < -0.4 is 5.32 Å². The lowest BCUT2D eigenvalue weighted by atomic mass is 9.88. The predicted octanol–water partition coefficient (Wildman–Crippen LogP) is 6.91. The molecule has 1 N–H and O–H groups in total. The molecule has 1 aliphatic rings. The van der Waals surface area contributed by atoms with Gasteiger partial charge in [0, 0.05) is 11.3 Å². The van der Waals surface area contributed by atoms with Gasteiger partial charge in [0.15, 0.2) is 0 Å². The SMILES string of the molecule is CCCCCCCCCCC(=O)Nc1sc2c(c1C(=O)OC(C)C)CCC(C)C2. The molecule has 0 bridgehead atoms. The van der Waals surface area contributed by atoms with Gasteiger partial charge in [0.05, 0.1) is 11.7 Å². The van der Waals surface area contributed by atoms with Crippen molar-refractivity contribution < 1.29 is 14.3 Å². The van der Waals surface area contributed by atoms with E-state index in [0.717, 1.165) is 37.7 Å². The number of hydrogen-bond donors (Lipinski definition) is 1. The van der Waals surface area contributed by atoms with Crippen molar-refractivity contribution in [2.75, 3.05) is 5.32 Å². The van der Waals surface area contributed by atoms with Crippen molar-refractivity contribution in [2.24, 2.45) is 5.92 Å². The highest BCUT2D eigenvalue weighted by Crippen LogP contribution is 2.40. The van der Waals surface area contributed by atoms with Crippen molar-refractivity contribution in [1.82, 2.24) is 0 Å². The van der Waals surface area contributed by atoms with Crippen LogP contribution in [0.5, 0.6) is 0 Å². The molecule has 4 nitrogen and oxygen atoms in total. The quantitative estimate of drug-likeness (QED) is 0.295. The van der Waals surface area contributed by atoms with Crippen molar-refractivity contribution in [1.29, 1.82) is 0 Å². The van der Waals surface area contributed by atoms with Gasteiger partial charge in [-0.15, -0.1) is 11.3 Å². The van der Waals surface area contributed by atoms with E-state index in [9.17, 15) is 9.59 Å². The van der Waals surface area contributed by atoms with Crippen molar-refractivity contribution in [3.63, 3.8) is 0 Å². The van der Waals surface area contributed by atoms with E-state index in [1.54, 1.807) is 11.3 Å². The van der Waals surface area contributed by atoms with Gasteiger partial charge in [-0.3, -0.25) is 4.79 Å². The largest absolute Gasteiger partial charge is 0.459 e. The molecule has 164 valence electrons. The monoisotopic (exact) mass is 421 g/mol. The number of rotatable bonds is 12. The summed E-state index contributed by atoms with van der Waals surface area (Å²) in [6.45, 7) is 8.20. The molecule has 0 saturated carbocycles. The number of fused-ring (bicyclic) bond motifs is 1. The van der Waals surface area contributed by atoms with Crippen LogP contribution in [0.3, 0.4) is 0 Å². The molecule has 0 aromatic carbocycles. The van der Waals surface area contributed by atoms with Gasteiger partial charge in [0.1, 0.15) is 5.00 Å². The highest BCUT2D eigenvalue weighted by Gasteiger charge is 2.29. The highest BCUT2D eigenvalue weighted by molar-refractivity contribution is 7.17. The first-order valence-electron chi connectivity index (χ1n) is 11.6. The van der Waals surface area contributed by atoms with Gasteiger partial charge in [-0.05, 0) is 51.0 Å². The minimum absolute atomic E-state index is 0.0150. The summed E-state index contributed by atoms with van der Waals surface area (Å²) in [6.07, 6.45) is 13.0. The van der Waals surface area contributed by atoms with Crippen molar-refractivity contribution in [3.8, 4) is 0 Å². The molecule has 1 unspecified atom stereocenters. The molecule has 0 fully saturated rings. The molecule has 5 heteroatoms. The average Bonchev–Trinajstić information content (AvgIpc) is 3.00. The van der Waals surface area contributed by atoms with E-state index in [2.05, 4.69) is 19.2 Å². The van der Waals surface area contributed by atoms with Gasteiger partial charge in [0.2, 0.25) is 5.91 Å². The molecule has 1 atom stereocenters. The van der Waals surface area contributed by atoms with Gasteiger partial charge in [0.25, 0.3) is 0 Å². The van der Waals surface area contributed by atoms with Gasteiger partial charge < -0.3 is 10.1 Å². The Kier molecular flexibility index (Phi) is 10.2. The fourth-order valence-electron chi connectivity index (χ4n) is 3.94. The molecule has 0 spiro atoms. The van der Waals surface area contributed by atoms with Crippen LogP contribution in [-0.2, 0) is 22.4 Å². The Morgan fingerprint density at radius 3 is 2.41 bits per heavy atom. The number of unbranched alkanes of at least 4 members (excludes halogenated alkanes) is 7. The molecule has 1 aliphatic carbocycles. The predicted molar refractivity (Wildman–Crippen MR) is 122 cm³/mol. The molecule has 1 heterocycles. The molecule has 0 aliphatic heterocycles. The van der Waals surface area contributed by atoms with Crippen LogP contribution in [-0.4, -0.2) is 18.0 Å². The van der Waals surface area contributed by atoms with E-state index in [1.807, 2.05) is 13.8 Å². The zero-order valence-corrected chi connectivity index (χ0v) is 19.6. The number of thiophene rings is 1. The summed E-state index contributed by atoms with van der Waals surface area (Å²) in [5, 5.41) is 3.73. The van der Waals surface area contributed by atoms with E-state index in [4.69, 9.17) is 4.74 Å². The number of hydrogen-bond acceptors (Lipinski definition) is 4. The van der Waals surface area contributed by atoms with E-state index in [-0.39, 0.29) is 18.0 Å². The van der Waals surface area contributed by atoms with E-state index in [0.29, 0.717) is 22.9 Å². The molecular formula is C24H39NO3S. The van der Waals surface area contributed by atoms with E-state index in [1.165, 1.54) is 43.4 Å². The zero-order chi connectivity index (χ0) is 21.2. The Labute approximate surface area is 180 Å². The first-order valence-corrected chi connectivity index (χ1v) is 12.4. The number of nitrogens with one attached hydrogen (secondary N) is 1. The van der Waals surface area contributed by atoms with Crippen molar-refractivity contribution >= 4 is 28.2 Å². The second-order valence-electron chi connectivity index (χ2n) is 8.78. The molecule has 2 rings (SSSR count). The Balaban J connectivity index is 1.90. The number of amides is 1. The molecule has 1 aromatic heterocycles. The van der Waals surface area contributed by atoms with E-state index >= 15 is 0 Å². The topological polar surface area (TPSA) is 55.4 Å². The molecule has 29 heavy (non-hydrogen) atoms. The van der Waals surface area contributed by atoms with Crippen LogP contribution in [0.25, 0.3) is 0 Å². The minimum Gasteiger partial charge on any atom is -0.459 e. The summed E-state index contributed by atoms with van der Waals surface area (Å²) < 4.78 is 5.48. The van der Waals surface area contributed by atoms with Gasteiger partial charge in [-0.1, -0.05) is 58.8 Å². The minimum atomic E-state index is -0.297. The number of carbonyl (C=O) groups is 2. The highest BCUT2D eigenvalue weighted by atomic mass is 32.1. The summed E-state index contributed by atoms with van der Waals surface area (Å²) in [7, 11) is 0. The van der Waals surface area contributed by atoms with Crippen LogP contribution in [0.2, 0.25) is 0 Å². The zero-order valence-electron chi connectivity index (χ0n) is 18.8. The maximum atomic E-state index is 12.7. The summed E-state index contributed by atoms with van der Waals surface area (Å²) >= 11 is 1.57. The Morgan fingerprint density at radius 2 is 1.76 bits per heavy atom. The van der Waals surface area contributed by atoms with Gasteiger partial charge in [-0.25, -0.2) is 4.79 Å².